The molecule has 90 valence electrons. The van der Waals surface area contributed by atoms with E-state index in [1.807, 2.05) is 13.0 Å². The maximum absolute atomic E-state index is 5.88. The summed E-state index contributed by atoms with van der Waals surface area (Å²) in [6.45, 7) is 9.49. The molecule has 1 aromatic rings. The van der Waals surface area contributed by atoms with Gasteiger partial charge in [-0.25, -0.2) is 0 Å². The summed E-state index contributed by atoms with van der Waals surface area (Å²) < 4.78 is 5.70. The van der Waals surface area contributed by atoms with Crippen LogP contribution in [0.15, 0.2) is 16.5 Å². The maximum Gasteiger partial charge on any atom is 0.122 e. The molecule has 0 aromatic carbocycles. The van der Waals surface area contributed by atoms with Gasteiger partial charge < -0.3 is 10.2 Å². The summed E-state index contributed by atoms with van der Waals surface area (Å²) >= 11 is 0. The highest BCUT2D eigenvalue weighted by molar-refractivity contribution is 5.11. The summed E-state index contributed by atoms with van der Waals surface area (Å²) in [7, 11) is 0. The number of hydrogen-bond donors (Lipinski definition) is 1. The zero-order valence-corrected chi connectivity index (χ0v) is 10.4. The average Bonchev–Trinajstić information content (AvgIpc) is 2.77. The predicted octanol–water partition coefficient (Wildman–Crippen LogP) is 2.18. The molecule has 0 saturated carbocycles. The number of aryl methyl sites for hydroxylation is 1. The number of likely N-dealkylation sites (tertiary alicyclic amines) is 1. The molecule has 0 aliphatic carbocycles. The van der Waals surface area contributed by atoms with Crippen molar-refractivity contribution in [3.63, 3.8) is 0 Å². The van der Waals surface area contributed by atoms with Crippen LogP contribution >= 0.6 is 0 Å². The van der Waals surface area contributed by atoms with Crippen LogP contribution in [0.2, 0.25) is 0 Å². The van der Waals surface area contributed by atoms with E-state index in [1.165, 1.54) is 0 Å². The third-order valence-electron chi connectivity index (χ3n) is 3.77. The molecule has 2 N–H and O–H groups in total. The Morgan fingerprint density at radius 2 is 2.00 bits per heavy atom. The van der Waals surface area contributed by atoms with E-state index in [0.717, 1.165) is 36.4 Å². The molecule has 1 saturated heterocycles. The highest BCUT2D eigenvalue weighted by atomic mass is 16.3. The molecule has 16 heavy (non-hydrogen) atoms. The van der Waals surface area contributed by atoms with Gasteiger partial charge in [-0.1, -0.05) is 13.8 Å². The van der Waals surface area contributed by atoms with E-state index in [1.54, 1.807) is 0 Å². The van der Waals surface area contributed by atoms with Crippen molar-refractivity contribution >= 4 is 0 Å². The third-order valence-corrected chi connectivity index (χ3v) is 3.77. The average molecular weight is 222 g/mol. The molecule has 3 nitrogen and oxygen atoms in total. The molecule has 3 unspecified atom stereocenters. The maximum atomic E-state index is 5.88. The highest BCUT2D eigenvalue weighted by Crippen LogP contribution is 2.30. The Hall–Kier alpha value is -0.800. The molecule has 1 aliphatic heterocycles. The number of furan rings is 1. The van der Waals surface area contributed by atoms with Crippen LogP contribution in [0.3, 0.4) is 0 Å². The van der Waals surface area contributed by atoms with Crippen LogP contribution in [-0.4, -0.2) is 24.5 Å². The normalized spacial score (nSPS) is 28.5. The first kappa shape index (κ1) is 11.7. The number of hydrogen-bond acceptors (Lipinski definition) is 3. The van der Waals surface area contributed by atoms with Gasteiger partial charge >= 0.3 is 0 Å². The molecule has 0 amide bonds. The summed E-state index contributed by atoms with van der Waals surface area (Å²) in [6, 6.07) is 4.32. The molecule has 2 rings (SSSR count). The standard InChI is InChI=1S/C13H22N2O/c1-9-7-15(8-10(9)2)12(6-14)13-5-4-11(3)16-13/h4-5,9-10,12H,6-8,14H2,1-3H3. The number of nitrogens with two attached hydrogens (primary N) is 1. The van der Waals surface area contributed by atoms with Crippen LogP contribution in [-0.2, 0) is 0 Å². The quantitative estimate of drug-likeness (QED) is 0.852. The van der Waals surface area contributed by atoms with Crippen LogP contribution in [0.1, 0.15) is 31.4 Å². The Kier molecular flexibility index (Phi) is 3.36. The van der Waals surface area contributed by atoms with Crippen LogP contribution in [0.25, 0.3) is 0 Å². The van der Waals surface area contributed by atoms with Gasteiger partial charge in [-0.15, -0.1) is 0 Å². The van der Waals surface area contributed by atoms with Gasteiger partial charge in [0.15, 0.2) is 0 Å². The van der Waals surface area contributed by atoms with Crippen LogP contribution < -0.4 is 5.73 Å². The first-order valence-electron chi connectivity index (χ1n) is 6.12. The van der Waals surface area contributed by atoms with Crippen LogP contribution in [0.4, 0.5) is 0 Å². The molecule has 1 aliphatic rings. The molecule has 1 aromatic heterocycles. The Labute approximate surface area is 97.6 Å². The topological polar surface area (TPSA) is 42.4 Å². The van der Waals surface area contributed by atoms with Gasteiger partial charge in [0, 0.05) is 19.6 Å². The lowest BCUT2D eigenvalue weighted by Gasteiger charge is -2.24. The summed E-state index contributed by atoms with van der Waals surface area (Å²) in [5.41, 5.74) is 5.88. The van der Waals surface area contributed by atoms with Gasteiger partial charge in [0.2, 0.25) is 0 Å². The Balaban J connectivity index is 2.12. The summed E-state index contributed by atoms with van der Waals surface area (Å²) in [5, 5.41) is 0. The number of rotatable bonds is 3. The molecule has 3 atom stereocenters. The Morgan fingerprint density at radius 1 is 1.38 bits per heavy atom. The lowest BCUT2D eigenvalue weighted by Crippen LogP contribution is -2.32. The van der Waals surface area contributed by atoms with E-state index in [2.05, 4.69) is 24.8 Å². The van der Waals surface area contributed by atoms with Crippen molar-refractivity contribution < 1.29 is 4.42 Å². The zero-order chi connectivity index (χ0) is 11.7. The second-order valence-corrected chi connectivity index (χ2v) is 5.11. The second kappa shape index (κ2) is 4.60. The monoisotopic (exact) mass is 222 g/mol. The molecule has 0 spiro atoms. The molecule has 0 bridgehead atoms. The largest absolute Gasteiger partial charge is 0.465 e. The van der Waals surface area contributed by atoms with Crippen LogP contribution in [0, 0.1) is 18.8 Å². The van der Waals surface area contributed by atoms with Crippen molar-refractivity contribution in [3.8, 4) is 0 Å². The minimum Gasteiger partial charge on any atom is -0.465 e. The van der Waals surface area contributed by atoms with Crippen molar-refractivity contribution in [1.29, 1.82) is 0 Å². The fraction of sp³-hybridized carbons (Fsp3) is 0.692. The van der Waals surface area contributed by atoms with Crippen LogP contribution in [0.5, 0.6) is 0 Å². The fourth-order valence-corrected chi connectivity index (χ4v) is 2.51. The van der Waals surface area contributed by atoms with Gasteiger partial charge in [0.25, 0.3) is 0 Å². The minimum absolute atomic E-state index is 0.251. The molecule has 3 heteroatoms. The summed E-state index contributed by atoms with van der Waals surface area (Å²) in [6.07, 6.45) is 0. The van der Waals surface area contributed by atoms with E-state index in [4.69, 9.17) is 10.2 Å². The second-order valence-electron chi connectivity index (χ2n) is 5.11. The lowest BCUT2D eigenvalue weighted by molar-refractivity contribution is 0.210. The number of nitrogens with zero attached hydrogens (tertiary/aromatic N) is 1. The molecular weight excluding hydrogens is 200 g/mol. The van der Waals surface area contributed by atoms with Gasteiger partial charge in [-0.2, -0.15) is 0 Å². The van der Waals surface area contributed by atoms with E-state index in [-0.39, 0.29) is 6.04 Å². The smallest absolute Gasteiger partial charge is 0.122 e. The molecule has 1 fully saturated rings. The predicted molar refractivity (Wildman–Crippen MR) is 65.1 cm³/mol. The van der Waals surface area contributed by atoms with Crippen molar-refractivity contribution in [3.05, 3.63) is 23.7 Å². The Morgan fingerprint density at radius 3 is 2.44 bits per heavy atom. The van der Waals surface area contributed by atoms with Gasteiger partial charge in [-0.3, -0.25) is 4.90 Å². The zero-order valence-electron chi connectivity index (χ0n) is 10.4. The minimum atomic E-state index is 0.251. The highest BCUT2D eigenvalue weighted by Gasteiger charge is 2.32. The Bertz CT molecular complexity index is 337. The van der Waals surface area contributed by atoms with E-state index in [9.17, 15) is 0 Å². The van der Waals surface area contributed by atoms with E-state index in [0.29, 0.717) is 6.54 Å². The summed E-state index contributed by atoms with van der Waals surface area (Å²) in [5.74, 6) is 3.49. The lowest BCUT2D eigenvalue weighted by atomic mass is 10.0. The molecule has 0 radical (unpaired) electrons. The van der Waals surface area contributed by atoms with Crippen molar-refractivity contribution in [2.75, 3.05) is 19.6 Å². The SMILES string of the molecule is Cc1ccc(C(CN)N2CC(C)C(C)C2)o1. The van der Waals surface area contributed by atoms with Crippen molar-refractivity contribution in [2.24, 2.45) is 17.6 Å². The van der Waals surface area contributed by atoms with E-state index >= 15 is 0 Å². The van der Waals surface area contributed by atoms with Crippen molar-refractivity contribution in [2.45, 2.75) is 26.8 Å². The third kappa shape index (κ3) is 2.15. The van der Waals surface area contributed by atoms with E-state index < -0.39 is 0 Å². The summed E-state index contributed by atoms with van der Waals surface area (Å²) in [4.78, 5) is 2.45. The molecule has 2 heterocycles. The molecular formula is C13H22N2O. The van der Waals surface area contributed by atoms with Gasteiger partial charge in [0.1, 0.15) is 11.5 Å². The van der Waals surface area contributed by atoms with Gasteiger partial charge in [-0.05, 0) is 30.9 Å². The van der Waals surface area contributed by atoms with Gasteiger partial charge in [0.05, 0.1) is 6.04 Å². The van der Waals surface area contributed by atoms with Crippen molar-refractivity contribution in [1.82, 2.24) is 4.90 Å². The first-order chi connectivity index (χ1) is 7.61. The fourth-order valence-electron chi connectivity index (χ4n) is 2.51. The first-order valence-corrected chi connectivity index (χ1v) is 6.12.